The Kier molecular flexibility index (Phi) is 11.4. The molecular weight excluding hydrogens is 727 g/mol. The van der Waals surface area contributed by atoms with Crippen molar-refractivity contribution >= 4 is 27.4 Å². The zero-order valence-corrected chi connectivity index (χ0v) is 32.5. The SMILES string of the molecule is COC(=O)C[C@H]1CCC[C@@H]1[C@](CN1CCC1)(c1cccc(F)c1)C1CCN(CC2(OC)CN(c3ccc(S(=O)(=O)c4ccc(C(N)=O)c(F)c4)cc3)C2)CC1. The van der Waals surface area contributed by atoms with Gasteiger partial charge >= 0.3 is 5.97 Å². The van der Waals surface area contributed by atoms with Gasteiger partial charge in [0.15, 0.2) is 0 Å². The first-order valence-electron chi connectivity index (χ1n) is 19.4. The van der Waals surface area contributed by atoms with E-state index in [0.717, 1.165) is 94.8 Å². The van der Waals surface area contributed by atoms with Crippen molar-refractivity contribution in [1.29, 1.82) is 0 Å². The molecule has 1 amide bonds. The van der Waals surface area contributed by atoms with Gasteiger partial charge in [0.25, 0.3) is 5.91 Å². The van der Waals surface area contributed by atoms with Gasteiger partial charge in [0, 0.05) is 37.7 Å². The van der Waals surface area contributed by atoms with Gasteiger partial charge in [0.05, 0.1) is 35.6 Å². The third kappa shape index (κ3) is 7.77. The number of esters is 1. The number of piperidine rings is 1. The molecule has 13 heteroatoms. The lowest BCUT2D eigenvalue weighted by Gasteiger charge is -2.55. The quantitative estimate of drug-likeness (QED) is 0.214. The minimum absolute atomic E-state index is 0.0153. The molecule has 0 aromatic heterocycles. The molecular formula is C42H52F2N4O6S. The normalized spacial score (nSPS) is 23.1. The molecule has 0 bridgehead atoms. The van der Waals surface area contributed by atoms with Crippen LogP contribution in [-0.4, -0.2) is 102 Å². The number of carbonyl (C=O) groups excluding carboxylic acids is 2. The monoisotopic (exact) mass is 778 g/mol. The minimum atomic E-state index is -4.02. The molecule has 0 radical (unpaired) electrons. The standard InChI is InChI=1S/C42H52F2N4O6S/c1-53-39(49)22-29-6-3-9-37(29)42(28-46-18-5-19-46,31-7-4-8-32(43)23-31)30-16-20-47(21-17-30)25-41(54-2)26-48(27-41)33-10-12-34(13-11-33)55(51,52)35-14-15-36(40(45)50)38(44)24-35/h4,7-8,10-15,23-24,29-30,37H,3,5-6,9,16-22,25-28H2,1-2H3,(H2,45,50)/t29-,37+,42+/m1/s1. The summed E-state index contributed by atoms with van der Waals surface area (Å²) in [6.45, 7) is 6.75. The molecule has 0 spiro atoms. The molecule has 3 aliphatic heterocycles. The molecule has 2 N–H and O–H groups in total. The lowest BCUT2D eigenvalue weighted by atomic mass is 9.56. The molecule has 296 valence electrons. The molecule has 3 aromatic rings. The van der Waals surface area contributed by atoms with Gasteiger partial charge in [-0.3, -0.25) is 9.59 Å². The minimum Gasteiger partial charge on any atom is -0.469 e. The number of methoxy groups -OCH3 is 2. The van der Waals surface area contributed by atoms with E-state index in [1.54, 1.807) is 25.3 Å². The maximum atomic E-state index is 15.1. The number of sulfone groups is 1. The van der Waals surface area contributed by atoms with E-state index in [1.165, 1.54) is 37.8 Å². The van der Waals surface area contributed by atoms with E-state index in [1.807, 2.05) is 6.07 Å². The van der Waals surface area contributed by atoms with Crippen molar-refractivity contribution in [2.75, 3.05) is 71.5 Å². The molecule has 10 nitrogen and oxygen atoms in total. The summed E-state index contributed by atoms with van der Waals surface area (Å²) < 4.78 is 67.2. The Hall–Kier alpha value is -3.91. The van der Waals surface area contributed by atoms with E-state index in [0.29, 0.717) is 25.4 Å². The van der Waals surface area contributed by atoms with Gasteiger partial charge in [-0.15, -0.1) is 0 Å². The van der Waals surface area contributed by atoms with Crippen LogP contribution in [0.15, 0.2) is 76.5 Å². The Morgan fingerprint density at radius 2 is 1.58 bits per heavy atom. The van der Waals surface area contributed by atoms with Crippen LogP contribution in [0.4, 0.5) is 14.5 Å². The van der Waals surface area contributed by atoms with E-state index in [-0.39, 0.29) is 44.4 Å². The molecule has 1 aliphatic carbocycles. The van der Waals surface area contributed by atoms with Gasteiger partial charge in [-0.05, 0) is 136 Å². The Balaban J connectivity index is 1.04. The Morgan fingerprint density at radius 1 is 0.873 bits per heavy atom. The number of primary amides is 1. The summed E-state index contributed by atoms with van der Waals surface area (Å²) in [6.07, 6.45) is 6.54. The van der Waals surface area contributed by atoms with Gasteiger partial charge in [-0.2, -0.15) is 0 Å². The number of carbonyl (C=O) groups is 2. The highest BCUT2D eigenvalue weighted by Gasteiger charge is 2.53. The Bertz CT molecular complexity index is 1980. The van der Waals surface area contributed by atoms with E-state index >= 15 is 4.39 Å². The predicted molar refractivity (Wildman–Crippen MR) is 205 cm³/mol. The number of rotatable bonds is 14. The number of hydrogen-bond acceptors (Lipinski definition) is 9. The van der Waals surface area contributed by atoms with Crippen molar-refractivity contribution in [2.24, 2.45) is 23.5 Å². The summed E-state index contributed by atoms with van der Waals surface area (Å²) in [5.41, 5.74) is 6.04. The molecule has 7 rings (SSSR count). The zero-order valence-electron chi connectivity index (χ0n) is 31.7. The summed E-state index contributed by atoms with van der Waals surface area (Å²) in [7, 11) is -0.821. The maximum Gasteiger partial charge on any atom is 0.305 e. The lowest BCUT2D eigenvalue weighted by molar-refractivity contribution is -0.142. The van der Waals surface area contributed by atoms with E-state index in [9.17, 15) is 22.4 Å². The molecule has 3 saturated heterocycles. The summed E-state index contributed by atoms with van der Waals surface area (Å²) >= 11 is 0. The zero-order chi connectivity index (χ0) is 39.0. The van der Waals surface area contributed by atoms with Crippen LogP contribution in [0.2, 0.25) is 0 Å². The second kappa shape index (κ2) is 15.9. The van der Waals surface area contributed by atoms with Crippen LogP contribution in [0.1, 0.15) is 60.9 Å². The topological polar surface area (TPSA) is 122 Å². The van der Waals surface area contributed by atoms with Crippen molar-refractivity contribution in [3.8, 4) is 0 Å². The van der Waals surface area contributed by atoms with Crippen LogP contribution in [0, 0.1) is 29.4 Å². The van der Waals surface area contributed by atoms with E-state index < -0.39 is 27.2 Å². The van der Waals surface area contributed by atoms with Crippen molar-refractivity contribution in [3.05, 3.63) is 89.5 Å². The number of nitrogens with zero attached hydrogens (tertiary/aromatic N) is 3. The van der Waals surface area contributed by atoms with Gasteiger partial charge in [0.2, 0.25) is 9.84 Å². The number of likely N-dealkylation sites (tertiary alicyclic amines) is 2. The fourth-order valence-electron chi connectivity index (χ4n) is 10.0. The van der Waals surface area contributed by atoms with Gasteiger partial charge < -0.3 is 29.9 Å². The second-order valence-corrected chi connectivity index (χ2v) is 18.0. The van der Waals surface area contributed by atoms with Crippen molar-refractivity contribution in [3.63, 3.8) is 0 Å². The van der Waals surface area contributed by atoms with Crippen LogP contribution in [0.25, 0.3) is 0 Å². The first kappa shape index (κ1) is 39.3. The van der Waals surface area contributed by atoms with Crippen molar-refractivity contribution in [2.45, 2.75) is 65.8 Å². The fourth-order valence-corrected chi connectivity index (χ4v) is 11.3. The first-order chi connectivity index (χ1) is 26.4. The highest BCUT2D eigenvalue weighted by atomic mass is 32.2. The molecule has 3 aromatic carbocycles. The average molecular weight is 779 g/mol. The fraction of sp³-hybridized carbons (Fsp3) is 0.524. The summed E-state index contributed by atoms with van der Waals surface area (Å²) in [6, 6.07) is 16.8. The first-order valence-corrected chi connectivity index (χ1v) is 20.9. The van der Waals surface area contributed by atoms with Crippen LogP contribution in [0.3, 0.4) is 0 Å². The molecule has 3 atom stereocenters. The Labute approximate surface area is 322 Å². The number of benzene rings is 3. The number of hydrogen-bond donors (Lipinski definition) is 1. The molecule has 4 fully saturated rings. The third-order valence-electron chi connectivity index (χ3n) is 13.0. The molecule has 0 unspecified atom stereocenters. The van der Waals surface area contributed by atoms with Crippen LogP contribution < -0.4 is 10.6 Å². The summed E-state index contributed by atoms with van der Waals surface area (Å²) in [4.78, 5) is 30.9. The van der Waals surface area contributed by atoms with Gasteiger partial charge in [-0.25, -0.2) is 17.2 Å². The Morgan fingerprint density at radius 3 is 2.18 bits per heavy atom. The maximum absolute atomic E-state index is 15.1. The molecule has 1 saturated carbocycles. The van der Waals surface area contributed by atoms with Gasteiger partial charge in [-0.1, -0.05) is 18.6 Å². The average Bonchev–Trinajstić information content (AvgIpc) is 3.61. The molecule has 55 heavy (non-hydrogen) atoms. The molecule has 4 aliphatic rings. The summed E-state index contributed by atoms with van der Waals surface area (Å²) in [5, 5.41) is 0. The lowest BCUT2D eigenvalue weighted by Crippen LogP contribution is -2.68. The van der Waals surface area contributed by atoms with Crippen LogP contribution in [0.5, 0.6) is 0 Å². The van der Waals surface area contributed by atoms with Crippen molar-refractivity contribution < 1.29 is 36.3 Å². The van der Waals surface area contributed by atoms with E-state index in [4.69, 9.17) is 15.2 Å². The largest absolute Gasteiger partial charge is 0.469 e. The van der Waals surface area contributed by atoms with Gasteiger partial charge in [0.1, 0.15) is 17.2 Å². The number of anilines is 1. The number of nitrogens with two attached hydrogens (primary N) is 1. The third-order valence-corrected chi connectivity index (χ3v) is 14.8. The number of halogens is 2. The smallest absolute Gasteiger partial charge is 0.305 e. The summed E-state index contributed by atoms with van der Waals surface area (Å²) in [5.74, 6) is -1.58. The second-order valence-electron chi connectivity index (χ2n) is 16.1. The number of ether oxygens (including phenoxy) is 2. The highest BCUT2D eigenvalue weighted by molar-refractivity contribution is 7.91. The van der Waals surface area contributed by atoms with E-state index in [2.05, 4.69) is 20.8 Å². The predicted octanol–water partition coefficient (Wildman–Crippen LogP) is 5.44. The number of amides is 1. The van der Waals surface area contributed by atoms with Crippen molar-refractivity contribution in [1.82, 2.24) is 9.80 Å². The highest BCUT2D eigenvalue weighted by Crippen LogP contribution is 2.54. The van der Waals surface area contributed by atoms with Crippen LogP contribution >= 0.6 is 0 Å². The van der Waals surface area contributed by atoms with Crippen LogP contribution in [-0.2, 0) is 29.5 Å². The molecule has 3 heterocycles.